The van der Waals surface area contributed by atoms with Gasteiger partial charge in [0.25, 0.3) is 0 Å². The highest BCUT2D eigenvalue weighted by molar-refractivity contribution is 6.33. The van der Waals surface area contributed by atoms with E-state index < -0.39 is 0 Å². The summed E-state index contributed by atoms with van der Waals surface area (Å²) in [6.07, 6.45) is 9.22. The molecule has 2 N–H and O–H groups in total. The highest BCUT2D eigenvalue weighted by Crippen LogP contribution is 2.41. The van der Waals surface area contributed by atoms with Gasteiger partial charge >= 0.3 is 0 Å². The van der Waals surface area contributed by atoms with Gasteiger partial charge in [-0.15, -0.1) is 0 Å². The van der Waals surface area contributed by atoms with Crippen LogP contribution in [0, 0.1) is 11.3 Å². The van der Waals surface area contributed by atoms with Crippen molar-refractivity contribution < 1.29 is 4.74 Å². The van der Waals surface area contributed by atoms with Crippen LogP contribution < -0.4 is 5.73 Å². The van der Waals surface area contributed by atoms with Crippen molar-refractivity contribution in [3.8, 4) is 0 Å². The molecular weight excluding hydrogens is 342 g/mol. The third-order valence-corrected chi connectivity index (χ3v) is 5.73. The molecule has 0 bridgehead atoms. The van der Waals surface area contributed by atoms with Gasteiger partial charge in [-0.05, 0) is 49.3 Å². The topological polar surface area (TPSA) is 35.2 Å². The summed E-state index contributed by atoms with van der Waals surface area (Å²) < 4.78 is 6.40. The van der Waals surface area contributed by atoms with Gasteiger partial charge in [0, 0.05) is 0 Å². The minimum atomic E-state index is -0.185. The van der Waals surface area contributed by atoms with Crippen molar-refractivity contribution >= 4 is 17.3 Å². The van der Waals surface area contributed by atoms with Crippen molar-refractivity contribution in [3.05, 3.63) is 28.8 Å². The third-order valence-electron chi connectivity index (χ3n) is 5.41. The molecule has 0 radical (unpaired) electrons. The zero-order valence-corrected chi connectivity index (χ0v) is 18.6. The minimum Gasteiger partial charge on any atom is -0.398 e. The molecule has 1 aromatic carbocycles. The van der Waals surface area contributed by atoms with E-state index in [1.54, 1.807) is 0 Å². The van der Waals surface area contributed by atoms with Gasteiger partial charge in [-0.3, -0.25) is 0 Å². The lowest BCUT2D eigenvalue weighted by molar-refractivity contribution is -0.104. The van der Waals surface area contributed by atoms with Gasteiger partial charge in [0.15, 0.2) is 0 Å². The number of anilines is 1. The normalized spacial score (nSPS) is 13.8. The molecule has 1 aromatic rings. The second-order valence-electron chi connectivity index (χ2n) is 9.22. The van der Waals surface area contributed by atoms with E-state index in [0.29, 0.717) is 23.2 Å². The van der Waals surface area contributed by atoms with Crippen LogP contribution in [0.25, 0.3) is 0 Å². The summed E-state index contributed by atoms with van der Waals surface area (Å²) in [5.74, 6) is 0.505. The lowest BCUT2D eigenvalue weighted by Crippen LogP contribution is -2.42. The van der Waals surface area contributed by atoms with Crippen LogP contribution in [0.3, 0.4) is 0 Å². The number of nitrogens with two attached hydrogens (primary N) is 1. The second kappa shape index (κ2) is 10.6. The average molecular weight is 382 g/mol. The largest absolute Gasteiger partial charge is 0.398 e. The van der Waals surface area contributed by atoms with Crippen LogP contribution in [0.15, 0.2) is 18.2 Å². The second-order valence-corrected chi connectivity index (χ2v) is 9.63. The number of hydrogen-bond donors (Lipinski definition) is 1. The summed E-state index contributed by atoms with van der Waals surface area (Å²) in [6, 6.07) is 5.76. The van der Waals surface area contributed by atoms with E-state index in [2.05, 4.69) is 41.5 Å². The Bertz CT molecular complexity index is 533. The standard InChI is InChI=1S/C23H40ClNO/c1-7-8-9-10-11-12-13-21(22(2,3)4)23(5,6)26-17-18-14-15-20(25)19(24)16-18/h14-16,21H,7-13,17,25H2,1-6H3. The molecule has 0 heterocycles. The zero-order valence-electron chi connectivity index (χ0n) is 17.8. The fourth-order valence-corrected chi connectivity index (χ4v) is 4.19. The molecule has 150 valence electrons. The Morgan fingerprint density at radius 1 is 1.00 bits per heavy atom. The Labute approximate surface area is 166 Å². The highest BCUT2D eigenvalue weighted by Gasteiger charge is 2.38. The van der Waals surface area contributed by atoms with Crippen LogP contribution in [0.5, 0.6) is 0 Å². The molecule has 0 amide bonds. The molecule has 0 aliphatic rings. The first kappa shape index (κ1) is 23.3. The van der Waals surface area contributed by atoms with Crippen molar-refractivity contribution in [1.82, 2.24) is 0 Å². The van der Waals surface area contributed by atoms with E-state index in [0.717, 1.165) is 5.56 Å². The molecular formula is C23H40ClNO. The van der Waals surface area contributed by atoms with Crippen LogP contribution >= 0.6 is 11.6 Å². The SMILES string of the molecule is CCCCCCCCC(C(C)(C)C)C(C)(C)OCc1ccc(N)c(Cl)c1. The van der Waals surface area contributed by atoms with Crippen LogP contribution in [-0.2, 0) is 11.3 Å². The van der Waals surface area contributed by atoms with Crippen LogP contribution in [0.4, 0.5) is 5.69 Å². The van der Waals surface area contributed by atoms with Crippen molar-refractivity contribution in [2.75, 3.05) is 5.73 Å². The molecule has 3 heteroatoms. The first-order chi connectivity index (χ1) is 12.1. The minimum absolute atomic E-state index is 0.185. The first-order valence-corrected chi connectivity index (χ1v) is 10.6. The quantitative estimate of drug-likeness (QED) is 0.315. The van der Waals surface area contributed by atoms with E-state index in [1.165, 1.54) is 44.9 Å². The van der Waals surface area contributed by atoms with Crippen molar-refractivity contribution in [1.29, 1.82) is 0 Å². The van der Waals surface area contributed by atoms with Gasteiger partial charge in [0.05, 0.1) is 22.9 Å². The molecule has 0 fully saturated rings. The maximum Gasteiger partial charge on any atom is 0.0724 e. The number of rotatable bonds is 11. The third kappa shape index (κ3) is 7.88. The highest BCUT2D eigenvalue weighted by atomic mass is 35.5. The van der Waals surface area contributed by atoms with E-state index in [1.807, 2.05) is 18.2 Å². The molecule has 2 nitrogen and oxygen atoms in total. The van der Waals surface area contributed by atoms with E-state index in [-0.39, 0.29) is 11.0 Å². The smallest absolute Gasteiger partial charge is 0.0724 e. The van der Waals surface area contributed by atoms with E-state index >= 15 is 0 Å². The molecule has 0 aliphatic heterocycles. The molecule has 0 saturated heterocycles. The number of nitrogen functional groups attached to an aromatic ring is 1. The van der Waals surface area contributed by atoms with Gasteiger partial charge in [-0.2, -0.15) is 0 Å². The Hall–Kier alpha value is -0.730. The maximum atomic E-state index is 6.40. The van der Waals surface area contributed by atoms with Gasteiger partial charge < -0.3 is 10.5 Å². The summed E-state index contributed by atoms with van der Waals surface area (Å²) in [5.41, 5.74) is 7.52. The fourth-order valence-electron chi connectivity index (χ4n) is 3.98. The summed E-state index contributed by atoms with van der Waals surface area (Å²) in [6.45, 7) is 14.3. The van der Waals surface area contributed by atoms with Crippen LogP contribution in [0.2, 0.25) is 5.02 Å². The number of ether oxygens (including phenoxy) is 1. The number of unbranched alkanes of at least 4 members (excludes halogenated alkanes) is 5. The monoisotopic (exact) mass is 381 g/mol. The number of benzene rings is 1. The van der Waals surface area contributed by atoms with Crippen LogP contribution in [0.1, 0.15) is 92.1 Å². The average Bonchev–Trinajstić information content (AvgIpc) is 2.54. The fraction of sp³-hybridized carbons (Fsp3) is 0.739. The molecule has 0 aromatic heterocycles. The first-order valence-electron chi connectivity index (χ1n) is 10.3. The molecule has 0 aliphatic carbocycles. The molecule has 1 unspecified atom stereocenters. The molecule has 1 atom stereocenters. The number of hydrogen-bond acceptors (Lipinski definition) is 2. The van der Waals surface area contributed by atoms with E-state index in [9.17, 15) is 0 Å². The summed E-state index contributed by atoms with van der Waals surface area (Å²) in [7, 11) is 0. The van der Waals surface area contributed by atoms with Crippen LogP contribution in [-0.4, -0.2) is 5.60 Å². The summed E-state index contributed by atoms with van der Waals surface area (Å²) in [4.78, 5) is 0. The Balaban J connectivity index is 2.64. The van der Waals surface area contributed by atoms with Gasteiger partial charge in [-0.25, -0.2) is 0 Å². The Kier molecular flexibility index (Phi) is 9.47. The predicted molar refractivity (Wildman–Crippen MR) is 116 cm³/mol. The van der Waals surface area contributed by atoms with Crippen molar-refractivity contribution in [2.24, 2.45) is 11.3 Å². The lowest BCUT2D eigenvalue weighted by atomic mass is 9.69. The van der Waals surface area contributed by atoms with Gasteiger partial charge in [-0.1, -0.05) is 83.9 Å². The Morgan fingerprint density at radius 2 is 1.62 bits per heavy atom. The predicted octanol–water partition coefficient (Wildman–Crippen LogP) is 7.63. The molecule has 1 rings (SSSR count). The Morgan fingerprint density at radius 3 is 2.19 bits per heavy atom. The van der Waals surface area contributed by atoms with Crippen molar-refractivity contribution in [3.63, 3.8) is 0 Å². The number of halogens is 1. The summed E-state index contributed by atoms with van der Waals surface area (Å²) in [5, 5.41) is 0.600. The lowest BCUT2D eigenvalue weighted by Gasteiger charge is -2.43. The van der Waals surface area contributed by atoms with E-state index in [4.69, 9.17) is 22.1 Å². The van der Waals surface area contributed by atoms with Gasteiger partial charge in [0.1, 0.15) is 0 Å². The molecule has 0 saturated carbocycles. The summed E-state index contributed by atoms with van der Waals surface area (Å²) >= 11 is 6.14. The zero-order chi connectivity index (χ0) is 19.8. The maximum absolute atomic E-state index is 6.40. The van der Waals surface area contributed by atoms with Crippen molar-refractivity contribution in [2.45, 2.75) is 98.7 Å². The van der Waals surface area contributed by atoms with Gasteiger partial charge in [0.2, 0.25) is 0 Å². The molecule has 0 spiro atoms. The molecule has 26 heavy (non-hydrogen) atoms.